The lowest BCUT2D eigenvalue weighted by Crippen LogP contribution is -2.15. The number of hydrogen-bond acceptors (Lipinski definition) is 5. The normalized spacial score (nSPS) is 13.4. The van der Waals surface area contributed by atoms with Gasteiger partial charge in [-0.3, -0.25) is 4.79 Å². The lowest BCUT2D eigenvalue weighted by molar-refractivity contribution is 0.102. The molecule has 0 unspecified atom stereocenters. The summed E-state index contributed by atoms with van der Waals surface area (Å²) in [7, 11) is 1.87. The van der Waals surface area contributed by atoms with Crippen molar-refractivity contribution in [3.05, 3.63) is 78.2 Å². The van der Waals surface area contributed by atoms with Crippen LogP contribution in [-0.2, 0) is 7.05 Å². The predicted molar refractivity (Wildman–Crippen MR) is 116 cm³/mol. The number of aromatic nitrogens is 3. The van der Waals surface area contributed by atoms with Crippen LogP contribution in [0.25, 0.3) is 11.5 Å². The van der Waals surface area contributed by atoms with Gasteiger partial charge in [0.05, 0.1) is 5.69 Å². The first-order valence-corrected chi connectivity index (χ1v) is 10.7. The average Bonchev–Trinajstić information content (AvgIpc) is 3.39. The third-order valence-electron chi connectivity index (χ3n) is 5.01. The number of nitrogens with zero attached hydrogens (tertiary/aromatic N) is 3. The molecular weight excluding hydrogens is 415 g/mol. The van der Waals surface area contributed by atoms with Gasteiger partial charge in [0.25, 0.3) is 5.91 Å². The van der Waals surface area contributed by atoms with Crippen LogP contribution in [-0.4, -0.2) is 20.4 Å². The SMILES string of the molecule is Cn1ccnc1Sc1ccc(F)cc1NC(=O)c1nc(-c2ccccc2)oc1C1CC1. The Labute approximate surface area is 182 Å². The Balaban J connectivity index is 1.46. The van der Waals surface area contributed by atoms with Crippen molar-refractivity contribution in [2.45, 2.75) is 28.8 Å². The Hall–Kier alpha value is -3.39. The van der Waals surface area contributed by atoms with Crippen LogP contribution in [0.2, 0.25) is 0 Å². The van der Waals surface area contributed by atoms with Gasteiger partial charge < -0.3 is 14.3 Å². The number of rotatable bonds is 6. The van der Waals surface area contributed by atoms with Crippen molar-refractivity contribution < 1.29 is 13.6 Å². The Morgan fingerprint density at radius 3 is 2.74 bits per heavy atom. The van der Waals surface area contributed by atoms with Crippen LogP contribution in [0.1, 0.15) is 35.0 Å². The standard InChI is InChI=1S/C23H19FN4O2S/c1-28-12-11-25-23(28)31-18-10-9-16(24)13-17(18)26-21(29)19-20(14-7-8-14)30-22(27-19)15-5-3-2-4-6-15/h2-6,9-14H,7-8H2,1H3,(H,26,29). The van der Waals surface area contributed by atoms with Crippen LogP contribution in [0, 0.1) is 5.82 Å². The smallest absolute Gasteiger partial charge is 0.277 e. The van der Waals surface area contributed by atoms with Gasteiger partial charge in [-0.05, 0) is 54.9 Å². The topological polar surface area (TPSA) is 73.0 Å². The van der Waals surface area contributed by atoms with Crippen molar-refractivity contribution in [2.24, 2.45) is 7.05 Å². The molecule has 8 heteroatoms. The molecule has 0 radical (unpaired) electrons. The van der Waals surface area contributed by atoms with Crippen molar-refractivity contribution in [2.75, 3.05) is 5.32 Å². The highest BCUT2D eigenvalue weighted by Crippen LogP contribution is 2.43. The fraction of sp³-hybridized carbons (Fsp3) is 0.174. The number of imidazole rings is 1. The Morgan fingerprint density at radius 2 is 2.03 bits per heavy atom. The zero-order chi connectivity index (χ0) is 21.4. The average molecular weight is 434 g/mol. The molecule has 4 aromatic rings. The number of amides is 1. The third-order valence-corrected chi connectivity index (χ3v) is 6.16. The van der Waals surface area contributed by atoms with E-state index in [0.29, 0.717) is 22.2 Å². The van der Waals surface area contributed by atoms with E-state index in [-0.39, 0.29) is 11.6 Å². The fourth-order valence-corrected chi connectivity index (χ4v) is 4.11. The first kappa shape index (κ1) is 19.6. The molecule has 2 aromatic heterocycles. The molecular formula is C23H19FN4O2S. The highest BCUT2D eigenvalue weighted by atomic mass is 32.2. The van der Waals surface area contributed by atoms with Gasteiger partial charge in [-0.1, -0.05) is 18.2 Å². The number of oxazole rings is 1. The third kappa shape index (κ3) is 4.11. The molecule has 2 aromatic carbocycles. The summed E-state index contributed by atoms with van der Waals surface area (Å²) in [6, 6.07) is 13.8. The number of carbonyl (C=O) groups is 1. The van der Waals surface area contributed by atoms with Crippen LogP contribution in [0.4, 0.5) is 10.1 Å². The van der Waals surface area contributed by atoms with Crippen LogP contribution in [0.15, 0.2) is 75.4 Å². The molecule has 0 atom stereocenters. The first-order chi connectivity index (χ1) is 15.1. The van der Waals surface area contributed by atoms with Gasteiger partial charge in [0.1, 0.15) is 11.6 Å². The van der Waals surface area contributed by atoms with E-state index in [2.05, 4.69) is 15.3 Å². The van der Waals surface area contributed by atoms with Gasteiger partial charge in [0.2, 0.25) is 5.89 Å². The van der Waals surface area contributed by atoms with E-state index in [1.54, 1.807) is 12.3 Å². The zero-order valence-corrected chi connectivity index (χ0v) is 17.5. The number of benzene rings is 2. The summed E-state index contributed by atoms with van der Waals surface area (Å²) >= 11 is 1.34. The van der Waals surface area contributed by atoms with E-state index in [9.17, 15) is 9.18 Å². The maximum atomic E-state index is 14.0. The summed E-state index contributed by atoms with van der Waals surface area (Å²) in [5, 5.41) is 3.56. The van der Waals surface area contributed by atoms with Gasteiger partial charge in [-0.25, -0.2) is 14.4 Å². The van der Waals surface area contributed by atoms with Crippen LogP contribution >= 0.6 is 11.8 Å². The van der Waals surface area contributed by atoms with Gasteiger partial charge >= 0.3 is 0 Å². The van der Waals surface area contributed by atoms with Crippen molar-refractivity contribution in [3.8, 4) is 11.5 Å². The summed E-state index contributed by atoms with van der Waals surface area (Å²) in [6.07, 6.45) is 5.44. The second-order valence-electron chi connectivity index (χ2n) is 7.39. The Bertz CT molecular complexity index is 1250. The van der Waals surface area contributed by atoms with E-state index in [1.807, 2.05) is 48.1 Å². The van der Waals surface area contributed by atoms with Crippen molar-refractivity contribution in [1.29, 1.82) is 0 Å². The highest BCUT2D eigenvalue weighted by Gasteiger charge is 2.34. The molecule has 0 spiro atoms. The summed E-state index contributed by atoms with van der Waals surface area (Å²) in [6.45, 7) is 0. The Morgan fingerprint density at radius 1 is 1.23 bits per heavy atom. The largest absolute Gasteiger partial charge is 0.440 e. The minimum atomic E-state index is -0.438. The number of halogens is 1. The molecule has 1 aliphatic carbocycles. The highest BCUT2D eigenvalue weighted by molar-refractivity contribution is 7.99. The molecule has 5 rings (SSSR count). The second-order valence-corrected chi connectivity index (χ2v) is 8.40. The molecule has 31 heavy (non-hydrogen) atoms. The van der Waals surface area contributed by atoms with E-state index >= 15 is 0 Å². The van der Waals surface area contributed by atoms with Gasteiger partial charge in [-0.2, -0.15) is 0 Å². The number of nitrogens with one attached hydrogen (secondary N) is 1. The van der Waals surface area contributed by atoms with Gasteiger partial charge in [0.15, 0.2) is 10.9 Å². The van der Waals surface area contributed by atoms with E-state index < -0.39 is 11.7 Å². The number of anilines is 1. The number of hydrogen-bond donors (Lipinski definition) is 1. The van der Waals surface area contributed by atoms with Gasteiger partial charge in [-0.15, -0.1) is 0 Å². The summed E-state index contributed by atoms with van der Waals surface area (Å²) in [5.74, 6) is 0.340. The fourth-order valence-electron chi connectivity index (χ4n) is 3.24. The van der Waals surface area contributed by atoms with Crippen LogP contribution < -0.4 is 5.32 Å². The molecule has 6 nitrogen and oxygen atoms in total. The number of carbonyl (C=O) groups excluding carboxylic acids is 1. The predicted octanol–water partition coefficient (Wildman–Crippen LogP) is 5.50. The molecule has 1 amide bonds. The monoisotopic (exact) mass is 434 g/mol. The molecule has 1 N–H and O–H groups in total. The van der Waals surface area contributed by atoms with E-state index in [0.717, 1.165) is 23.6 Å². The minimum Gasteiger partial charge on any atom is -0.440 e. The molecule has 1 saturated carbocycles. The second kappa shape index (κ2) is 8.03. The summed E-state index contributed by atoms with van der Waals surface area (Å²) in [5.41, 5.74) is 1.42. The molecule has 0 saturated heterocycles. The lowest BCUT2D eigenvalue weighted by atomic mass is 10.2. The quantitative estimate of drug-likeness (QED) is 0.434. The van der Waals surface area contributed by atoms with E-state index in [4.69, 9.17) is 4.42 Å². The van der Waals surface area contributed by atoms with Gasteiger partial charge in [0, 0.05) is 35.8 Å². The summed E-state index contributed by atoms with van der Waals surface area (Å²) in [4.78, 5) is 22.6. The lowest BCUT2D eigenvalue weighted by Gasteiger charge is -2.10. The molecule has 0 bridgehead atoms. The molecule has 0 aliphatic heterocycles. The Kier molecular flexibility index (Phi) is 5.07. The maximum Gasteiger partial charge on any atom is 0.277 e. The van der Waals surface area contributed by atoms with E-state index in [1.165, 1.54) is 23.9 Å². The molecule has 2 heterocycles. The minimum absolute atomic E-state index is 0.194. The molecule has 1 aliphatic rings. The van der Waals surface area contributed by atoms with Crippen LogP contribution in [0.5, 0.6) is 0 Å². The van der Waals surface area contributed by atoms with Crippen molar-refractivity contribution in [1.82, 2.24) is 14.5 Å². The first-order valence-electron chi connectivity index (χ1n) is 9.90. The zero-order valence-electron chi connectivity index (χ0n) is 16.7. The maximum absolute atomic E-state index is 14.0. The molecule has 1 fully saturated rings. The molecule has 156 valence electrons. The number of aryl methyl sites for hydroxylation is 1. The van der Waals surface area contributed by atoms with Crippen molar-refractivity contribution >= 4 is 23.4 Å². The van der Waals surface area contributed by atoms with Crippen molar-refractivity contribution in [3.63, 3.8) is 0 Å². The summed E-state index contributed by atoms with van der Waals surface area (Å²) < 4.78 is 21.8. The van der Waals surface area contributed by atoms with Crippen LogP contribution in [0.3, 0.4) is 0 Å².